The molecule has 0 aromatic heterocycles. The normalized spacial score (nSPS) is 35.6. The molecule has 0 radical (unpaired) electrons. The Balaban J connectivity index is 2.30. The maximum absolute atomic E-state index is 9.30. The molecule has 96 valence electrons. The van der Waals surface area contributed by atoms with Gasteiger partial charge in [-0.2, -0.15) is 5.26 Å². The summed E-state index contributed by atoms with van der Waals surface area (Å²) in [6.07, 6.45) is 5.77. The number of ether oxygens (including phenoxy) is 1. The molecule has 1 spiro atoms. The van der Waals surface area contributed by atoms with E-state index in [2.05, 4.69) is 25.7 Å². The lowest BCUT2D eigenvalue weighted by Crippen LogP contribution is -2.68. The van der Waals surface area contributed by atoms with E-state index in [0.717, 1.165) is 19.3 Å². The van der Waals surface area contributed by atoms with Crippen LogP contribution in [0.25, 0.3) is 0 Å². The van der Waals surface area contributed by atoms with E-state index in [-0.39, 0.29) is 11.3 Å². The Morgan fingerprint density at radius 2 is 1.82 bits per heavy atom. The summed E-state index contributed by atoms with van der Waals surface area (Å²) in [5, 5.41) is 9.30. The van der Waals surface area contributed by atoms with Gasteiger partial charge in [-0.05, 0) is 38.9 Å². The van der Waals surface area contributed by atoms with Gasteiger partial charge in [0, 0.05) is 12.5 Å². The van der Waals surface area contributed by atoms with Gasteiger partial charge in [0.1, 0.15) is 5.92 Å². The average Bonchev–Trinajstić information content (AvgIpc) is 2.72. The number of nitrogens with zero attached hydrogens (tertiary/aromatic N) is 1. The third-order valence-corrected chi connectivity index (χ3v) is 5.19. The molecule has 2 aliphatic rings. The van der Waals surface area contributed by atoms with Crippen LogP contribution in [-0.2, 0) is 9.16 Å². The van der Waals surface area contributed by atoms with E-state index in [1.807, 2.05) is 0 Å². The van der Waals surface area contributed by atoms with Gasteiger partial charge in [-0.15, -0.1) is 0 Å². The van der Waals surface area contributed by atoms with Crippen molar-refractivity contribution < 1.29 is 9.16 Å². The molecule has 0 heterocycles. The molecule has 2 saturated carbocycles. The molecular weight excluding hydrogens is 230 g/mol. The Labute approximate surface area is 105 Å². The van der Waals surface area contributed by atoms with Crippen molar-refractivity contribution in [2.45, 2.75) is 57.5 Å². The SMILES string of the molecule is COC1(O[Si](C)(C)C)C(C#N)CC12CCCC2. The van der Waals surface area contributed by atoms with Crippen LogP contribution in [0.1, 0.15) is 32.1 Å². The molecule has 3 nitrogen and oxygen atoms in total. The fourth-order valence-electron chi connectivity index (χ4n) is 3.68. The maximum atomic E-state index is 9.30. The summed E-state index contributed by atoms with van der Waals surface area (Å²) in [6.45, 7) is 6.51. The third-order valence-electron chi connectivity index (χ3n) is 4.27. The average molecular weight is 253 g/mol. The zero-order valence-corrected chi connectivity index (χ0v) is 12.4. The molecule has 2 unspecified atom stereocenters. The smallest absolute Gasteiger partial charge is 0.187 e. The van der Waals surface area contributed by atoms with Gasteiger partial charge < -0.3 is 9.16 Å². The van der Waals surface area contributed by atoms with Crippen molar-refractivity contribution in [1.29, 1.82) is 5.26 Å². The van der Waals surface area contributed by atoms with Crippen molar-refractivity contribution in [3.63, 3.8) is 0 Å². The van der Waals surface area contributed by atoms with E-state index in [1.54, 1.807) is 7.11 Å². The quantitative estimate of drug-likeness (QED) is 0.572. The minimum absolute atomic E-state index is 0.0858. The summed E-state index contributed by atoms with van der Waals surface area (Å²) >= 11 is 0. The van der Waals surface area contributed by atoms with Gasteiger partial charge in [-0.25, -0.2) is 0 Å². The highest BCUT2D eigenvalue weighted by molar-refractivity contribution is 6.69. The topological polar surface area (TPSA) is 42.2 Å². The van der Waals surface area contributed by atoms with Gasteiger partial charge in [0.25, 0.3) is 0 Å². The first-order valence-electron chi connectivity index (χ1n) is 6.54. The molecule has 4 heteroatoms. The monoisotopic (exact) mass is 253 g/mol. The summed E-state index contributed by atoms with van der Waals surface area (Å²) in [7, 11) is 0.000934. The van der Waals surface area contributed by atoms with Crippen LogP contribution in [0.4, 0.5) is 0 Å². The predicted molar refractivity (Wildman–Crippen MR) is 68.8 cm³/mol. The Kier molecular flexibility index (Phi) is 3.14. The number of hydrogen-bond acceptors (Lipinski definition) is 3. The van der Waals surface area contributed by atoms with Crippen molar-refractivity contribution in [2.75, 3.05) is 7.11 Å². The minimum Gasteiger partial charge on any atom is -0.389 e. The van der Waals surface area contributed by atoms with Gasteiger partial charge in [0.2, 0.25) is 0 Å². The number of hydrogen-bond donors (Lipinski definition) is 0. The second-order valence-electron chi connectivity index (χ2n) is 6.46. The molecule has 0 aromatic carbocycles. The first-order valence-corrected chi connectivity index (χ1v) is 9.95. The molecule has 0 bridgehead atoms. The lowest BCUT2D eigenvalue weighted by Gasteiger charge is -2.61. The Bertz CT molecular complexity index is 338. The van der Waals surface area contributed by atoms with Crippen LogP contribution >= 0.6 is 0 Å². The molecule has 2 atom stereocenters. The predicted octanol–water partition coefficient (Wildman–Crippen LogP) is 3.28. The molecule has 0 aliphatic heterocycles. The lowest BCUT2D eigenvalue weighted by atomic mass is 9.56. The summed E-state index contributed by atoms with van der Waals surface area (Å²) in [6, 6.07) is 2.39. The van der Waals surface area contributed by atoms with E-state index < -0.39 is 14.1 Å². The highest BCUT2D eigenvalue weighted by Crippen LogP contribution is 2.65. The molecule has 0 N–H and O–H groups in total. The van der Waals surface area contributed by atoms with Crippen molar-refractivity contribution in [3.8, 4) is 6.07 Å². The number of nitriles is 1. The second-order valence-corrected chi connectivity index (χ2v) is 10.9. The van der Waals surface area contributed by atoms with E-state index >= 15 is 0 Å². The molecule has 0 saturated heterocycles. The van der Waals surface area contributed by atoms with Crippen LogP contribution in [0.15, 0.2) is 0 Å². The fourth-order valence-corrected chi connectivity index (χ4v) is 5.03. The summed E-state index contributed by atoms with van der Waals surface area (Å²) in [4.78, 5) is 0. The van der Waals surface area contributed by atoms with Gasteiger partial charge in [-0.3, -0.25) is 0 Å². The molecule has 2 rings (SSSR count). The number of rotatable bonds is 3. The van der Waals surface area contributed by atoms with E-state index in [1.165, 1.54) is 12.8 Å². The summed E-state index contributed by atoms with van der Waals surface area (Å²) in [5.41, 5.74) is 0.127. The maximum Gasteiger partial charge on any atom is 0.187 e. The van der Waals surface area contributed by atoms with E-state index in [0.29, 0.717) is 0 Å². The zero-order valence-electron chi connectivity index (χ0n) is 11.4. The van der Waals surface area contributed by atoms with Gasteiger partial charge in [0.15, 0.2) is 14.1 Å². The van der Waals surface area contributed by atoms with Crippen molar-refractivity contribution in [1.82, 2.24) is 0 Å². The van der Waals surface area contributed by atoms with E-state index in [9.17, 15) is 5.26 Å². The van der Waals surface area contributed by atoms with Crippen LogP contribution in [0.3, 0.4) is 0 Å². The molecule has 2 fully saturated rings. The molecule has 0 aromatic rings. The third kappa shape index (κ3) is 1.85. The van der Waals surface area contributed by atoms with Crippen molar-refractivity contribution >= 4 is 8.32 Å². The Morgan fingerprint density at radius 1 is 1.24 bits per heavy atom. The summed E-state index contributed by atoms with van der Waals surface area (Å²) in [5.74, 6) is -0.694. The standard InChI is InChI=1S/C13H23NO2Si/c1-15-13(16-17(2,3)4)11(10-14)9-12(13)7-5-6-8-12/h11H,5-9H2,1-4H3. The lowest BCUT2D eigenvalue weighted by molar-refractivity contribution is -0.328. The zero-order chi connectivity index (χ0) is 12.7. The van der Waals surface area contributed by atoms with Gasteiger partial charge >= 0.3 is 0 Å². The van der Waals surface area contributed by atoms with E-state index in [4.69, 9.17) is 9.16 Å². The molecule has 2 aliphatic carbocycles. The van der Waals surface area contributed by atoms with Crippen LogP contribution in [-0.4, -0.2) is 21.2 Å². The Morgan fingerprint density at radius 3 is 2.24 bits per heavy atom. The van der Waals surface area contributed by atoms with Crippen molar-refractivity contribution in [3.05, 3.63) is 0 Å². The van der Waals surface area contributed by atoms with Crippen LogP contribution in [0, 0.1) is 22.7 Å². The molecule has 0 amide bonds. The fraction of sp³-hybridized carbons (Fsp3) is 0.923. The van der Waals surface area contributed by atoms with Gasteiger partial charge in [0.05, 0.1) is 6.07 Å². The minimum atomic E-state index is -1.71. The van der Waals surface area contributed by atoms with Crippen LogP contribution in [0.5, 0.6) is 0 Å². The highest BCUT2D eigenvalue weighted by atomic mass is 28.4. The molecule has 17 heavy (non-hydrogen) atoms. The molecular formula is C13H23NO2Si. The first kappa shape index (κ1) is 13.1. The van der Waals surface area contributed by atoms with Crippen LogP contribution < -0.4 is 0 Å². The Hall–Kier alpha value is -0.373. The number of methoxy groups -OCH3 is 1. The van der Waals surface area contributed by atoms with Gasteiger partial charge in [-0.1, -0.05) is 12.8 Å². The second kappa shape index (κ2) is 4.08. The van der Waals surface area contributed by atoms with Crippen LogP contribution in [0.2, 0.25) is 19.6 Å². The highest BCUT2D eigenvalue weighted by Gasteiger charge is 2.69. The largest absolute Gasteiger partial charge is 0.389 e. The first-order chi connectivity index (χ1) is 7.89. The van der Waals surface area contributed by atoms with Crippen molar-refractivity contribution in [2.24, 2.45) is 11.3 Å². The summed E-state index contributed by atoms with van der Waals surface area (Å²) < 4.78 is 12.1.